The third-order valence-corrected chi connectivity index (χ3v) is 4.67. The zero-order valence-electron chi connectivity index (χ0n) is 12.7. The van der Waals surface area contributed by atoms with Gasteiger partial charge in [-0.3, -0.25) is 4.72 Å². The first-order valence-electron chi connectivity index (χ1n) is 7.50. The van der Waals surface area contributed by atoms with Gasteiger partial charge in [-0.25, -0.2) is 5.14 Å². The molecule has 0 amide bonds. The van der Waals surface area contributed by atoms with Gasteiger partial charge >= 0.3 is 0 Å². The largest absolute Gasteiger partial charge is 0.382 e. The molecule has 1 aliphatic rings. The maximum absolute atomic E-state index is 11.1. The minimum Gasteiger partial charge on any atom is -0.382 e. The molecule has 0 aromatic heterocycles. The van der Waals surface area contributed by atoms with E-state index < -0.39 is 10.2 Å². The van der Waals surface area contributed by atoms with Crippen molar-refractivity contribution in [3.05, 3.63) is 24.3 Å². The summed E-state index contributed by atoms with van der Waals surface area (Å²) in [5.41, 5.74) is 1.41. The number of anilines is 2. The standard InChI is InChI=1S/C15H25N3O2S/c1-11(2)12-5-3-6-13(9-12)17-14-7-4-8-15(10-14)18-21(16,19)20/h4,7-8,10-13,17-18H,3,5-6,9H2,1-2H3,(H2,16,19,20). The third kappa shape index (κ3) is 5.21. The molecule has 0 heterocycles. The van der Waals surface area contributed by atoms with Crippen LogP contribution in [-0.4, -0.2) is 14.5 Å². The second-order valence-electron chi connectivity index (χ2n) is 6.24. The van der Waals surface area contributed by atoms with Gasteiger partial charge in [-0.2, -0.15) is 8.42 Å². The van der Waals surface area contributed by atoms with E-state index in [1.165, 1.54) is 19.3 Å². The minimum absolute atomic E-state index is 0.455. The Balaban J connectivity index is 2.01. The molecule has 0 spiro atoms. The van der Waals surface area contributed by atoms with E-state index >= 15 is 0 Å². The van der Waals surface area contributed by atoms with Gasteiger partial charge < -0.3 is 5.32 Å². The molecule has 21 heavy (non-hydrogen) atoms. The van der Waals surface area contributed by atoms with Crippen molar-refractivity contribution >= 4 is 21.6 Å². The van der Waals surface area contributed by atoms with Crippen molar-refractivity contribution < 1.29 is 8.42 Å². The van der Waals surface area contributed by atoms with Gasteiger partial charge in [-0.15, -0.1) is 0 Å². The van der Waals surface area contributed by atoms with E-state index in [0.29, 0.717) is 17.6 Å². The molecule has 1 aromatic rings. The highest BCUT2D eigenvalue weighted by Crippen LogP contribution is 2.31. The van der Waals surface area contributed by atoms with Crippen molar-refractivity contribution in [2.24, 2.45) is 17.0 Å². The van der Waals surface area contributed by atoms with E-state index in [9.17, 15) is 8.42 Å². The number of hydrogen-bond acceptors (Lipinski definition) is 3. The van der Waals surface area contributed by atoms with E-state index in [0.717, 1.165) is 18.0 Å². The topological polar surface area (TPSA) is 84.2 Å². The van der Waals surface area contributed by atoms with Gasteiger partial charge in [0.15, 0.2) is 0 Å². The molecule has 6 heteroatoms. The fraction of sp³-hybridized carbons (Fsp3) is 0.600. The summed E-state index contributed by atoms with van der Waals surface area (Å²) >= 11 is 0. The summed E-state index contributed by atoms with van der Waals surface area (Å²) in [5.74, 6) is 1.48. The second kappa shape index (κ2) is 6.66. The maximum atomic E-state index is 11.1. The molecule has 5 nitrogen and oxygen atoms in total. The molecule has 1 fully saturated rings. The molecule has 0 bridgehead atoms. The van der Waals surface area contributed by atoms with Crippen molar-refractivity contribution in [2.75, 3.05) is 10.0 Å². The van der Waals surface area contributed by atoms with Gasteiger partial charge in [0.1, 0.15) is 0 Å². The lowest BCUT2D eigenvalue weighted by atomic mass is 9.79. The molecule has 118 valence electrons. The molecular formula is C15H25N3O2S. The Kier molecular flexibility index (Phi) is 5.11. The molecule has 2 rings (SSSR count). The number of benzene rings is 1. The number of hydrogen-bond donors (Lipinski definition) is 3. The molecule has 2 atom stereocenters. The van der Waals surface area contributed by atoms with Crippen LogP contribution in [0.15, 0.2) is 24.3 Å². The van der Waals surface area contributed by atoms with Crippen molar-refractivity contribution in [1.82, 2.24) is 0 Å². The Morgan fingerprint density at radius 1 is 1.24 bits per heavy atom. The highest BCUT2D eigenvalue weighted by atomic mass is 32.2. The summed E-state index contributed by atoms with van der Waals surface area (Å²) in [5, 5.41) is 8.51. The van der Waals surface area contributed by atoms with Crippen LogP contribution in [0.5, 0.6) is 0 Å². The van der Waals surface area contributed by atoms with Crippen molar-refractivity contribution in [1.29, 1.82) is 0 Å². The van der Waals surface area contributed by atoms with Gasteiger partial charge in [0.25, 0.3) is 10.2 Å². The maximum Gasteiger partial charge on any atom is 0.296 e. The van der Waals surface area contributed by atoms with E-state index in [2.05, 4.69) is 23.9 Å². The van der Waals surface area contributed by atoms with Crippen LogP contribution in [0.1, 0.15) is 39.5 Å². The van der Waals surface area contributed by atoms with Crippen molar-refractivity contribution in [3.63, 3.8) is 0 Å². The monoisotopic (exact) mass is 311 g/mol. The summed E-state index contributed by atoms with van der Waals surface area (Å²) in [6.07, 6.45) is 4.89. The van der Waals surface area contributed by atoms with Crippen molar-refractivity contribution in [2.45, 2.75) is 45.6 Å². The van der Waals surface area contributed by atoms with Gasteiger partial charge in [-0.05, 0) is 42.9 Å². The number of rotatable bonds is 5. The summed E-state index contributed by atoms with van der Waals surface area (Å²) < 4.78 is 24.4. The molecule has 4 N–H and O–H groups in total. The van der Waals surface area contributed by atoms with E-state index in [4.69, 9.17) is 5.14 Å². The minimum atomic E-state index is -3.72. The predicted octanol–water partition coefficient (Wildman–Crippen LogP) is 2.93. The Morgan fingerprint density at radius 2 is 1.95 bits per heavy atom. The van der Waals surface area contributed by atoms with Crippen LogP contribution in [0, 0.1) is 11.8 Å². The van der Waals surface area contributed by atoms with Crippen LogP contribution in [0.4, 0.5) is 11.4 Å². The van der Waals surface area contributed by atoms with Crippen LogP contribution < -0.4 is 15.2 Å². The van der Waals surface area contributed by atoms with Crippen LogP contribution in [0.2, 0.25) is 0 Å². The average molecular weight is 311 g/mol. The van der Waals surface area contributed by atoms with Gasteiger partial charge in [0.2, 0.25) is 0 Å². The van der Waals surface area contributed by atoms with Gasteiger partial charge in [0.05, 0.1) is 5.69 Å². The first-order chi connectivity index (χ1) is 9.83. The van der Waals surface area contributed by atoms with Crippen LogP contribution in [0.25, 0.3) is 0 Å². The molecule has 0 aliphatic heterocycles. The summed E-state index contributed by atoms with van der Waals surface area (Å²) in [7, 11) is -3.72. The Hall–Kier alpha value is -1.27. The lowest BCUT2D eigenvalue weighted by Crippen LogP contribution is -2.29. The zero-order chi connectivity index (χ0) is 15.5. The summed E-state index contributed by atoms with van der Waals surface area (Å²) in [4.78, 5) is 0. The Bertz CT molecular complexity index is 572. The molecule has 0 saturated heterocycles. The molecule has 2 unspecified atom stereocenters. The average Bonchev–Trinajstić information content (AvgIpc) is 2.37. The Morgan fingerprint density at radius 3 is 2.62 bits per heavy atom. The molecule has 1 aromatic carbocycles. The molecular weight excluding hydrogens is 286 g/mol. The first kappa shape index (κ1) is 16.1. The van der Waals surface area contributed by atoms with E-state index in [1.54, 1.807) is 12.1 Å². The normalized spacial score (nSPS) is 23.0. The SMILES string of the molecule is CC(C)C1CCCC(Nc2cccc(NS(N)(=O)=O)c2)C1. The third-order valence-electron chi connectivity index (χ3n) is 4.15. The first-order valence-corrected chi connectivity index (χ1v) is 9.05. The second-order valence-corrected chi connectivity index (χ2v) is 7.53. The van der Waals surface area contributed by atoms with Crippen LogP contribution in [0.3, 0.4) is 0 Å². The lowest BCUT2D eigenvalue weighted by molar-refractivity contribution is 0.264. The number of nitrogens with two attached hydrogens (primary N) is 1. The fourth-order valence-electron chi connectivity index (χ4n) is 3.04. The summed E-state index contributed by atoms with van der Waals surface area (Å²) in [6, 6.07) is 7.69. The summed E-state index contributed by atoms with van der Waals surface area (Å²) in [6.45, 7) is 4.56. The van der Waals surface area contributed by atoms with E-state index in [-0.39, 0.29) is 0 Å². The predicted molar refractivity (Wildman–Crippen MR) is 87.4 cm³/mol. The highest BCUT2D eigenvalue weighted by Gasteiger charge is 2.23. The fourth-order valence-corrected chi connectivity index (χ4v) is 3.49. The quantitative estimate of drug-likeness (QED) is 0.781. The number of nitrogens with one attached hydrogen (secondary N) is 2. The Labute approximate surface area is 127 Å². The van der Waals surface area contributed by atoms with Crippen LogP contribution >= 0.6 is 0 Å². The highest BCUT2D eigenvalue weighted by molar-refractivity contribution is 7.90. The zero-order valence-corrected chi connectivity index (χ0v) is 13.5. The van der Waals surface area contributed by atoms with Crippen molar-refractivity contribution in [3.8, 4) is 0 Å². The molecule has 0 radical (unpaired) electrons. The van der Waals surface area contributed by atoms with Gasteiger partial charge in [0, 0.05) is 11.7 Å². The van der Waals surface area contributed by atoms with Crippen LogP contribution in [-0.2, 0) is 10.2 Å². The molecule has 1 saturated carbocycles. The smallest absolute Gasteiger partial charge is 0.296 e. The molecule has 1 aliphatic carbocycles. The van der Waals surface area contributed by atoms with E-state index in [1.807, 2.05) is 12.1 Å². The van der Waals surface area contributed by atoms with Gasteiger partial charge in [-0.1, -0.05) is 32.8 Å². The lowest BCUT2D eigenvalue weighted by Gasteiger charge is -2.32.